The molecule has 0 aliphatic heterocycles. The molecule has 12 rings (SSSR count). The lowest BCUT2D eigenvalue weighted by Gasteiger charge is -2.28. The summed E-state index contributed by atoms with van der Waals surface area (Å²) in [6.45, 7) is 2.36. The number of nitrogens with zero attached hydrogens (tertiary/aromatic N) is 2. The van der Waals surface area contributed by atoms with E-state index in [1.807, 2.05) is 12.1 Å². The summed E-state index contributed by atoms with van der Waals surface area (Å²) in [5.74, 6) is 0.693. The van der Waals surface area contributed by atoms with Gasteiger partial charge < -0.3 is 4.42 Å². The van der Waals surface area contributed by atoms with Crippen molar-refractivity contribution in [1.29, 1.82) is 0 Å². The second-order valence-electron chi connectivity index (χ2n) is 15.8. The van der Waals surface area contributed by atoms with Gasteiger partial charge in [0.2, 0.25) is 0 Å². The van der Waals surface area contributed by atoms with Gasteiger partial charge in [0.25, 0.3) is 0 Å². The van der Waals surface area contributed by atoms with Crippen LogP contribution in [0.25, 0.3) is 99.6 Å². The molecule has 9 aromatic carbocycles. The lowest BCUT2D eigenvalue weighted by molar-refractivity contribution is 0.673. The number of furan rings is 1. The van der Waals surface area contributed by atoms with Crippen molar-refractivity contribution < 1.29 is 4.42 Å². The molecule has 11 aromatic rings. The summed E-state index contributed by atoms with van der Waals surface area (Å²) in [4.78, 5) is 10.7. The molecule has 0 spiro atoms. The zero-order valence-electron chi connectivity index (χ0n) is 32.4. The maximum absolute atomic E-state index is 6.70. The summed E-state index contributed by atoms with van der Waals surface area (Å²) in [5.41, 5.74) is 14.9. The Kier molecular flexibility index (Phi) is 7.36. The lowest BCUT2D eigenvalue weighted by atomic mass is 9.74. The molecule has 1 atom stereocenters. The molecule has 0 bridgehead atoms. The van der Waals surface area contributed by atoms with Gasteiger partial charge >= 0.3 is 0 Å². The van der Waals surface area contributed by atoms with Crippen LogP contribution in [-0.4, -0.2) is 9.97 Å². The Balaban J connectivity index is 1.09. The first-order valence-corrected chi connectivity index (χ1v) is 20.2. The Labute approximate surface area is 341 Å². The van der Waals surface area contributed by atoms with Gasteiger partial charge in [-0.15, -0.1) is 0 Å². The molecule has 1 aliphatic carbocycles. The Bertz CT molecular complexity index is 3460. The van der Waals surface area contributed by atoms with Gasteiger partial charge in [-0.3, -0.25) is 0 Å². The van der Waals surface area contributed by atoms with E-state index >= 15 is 0 Å². The molecule has 59 heavy (non-hydrogen) atoms. The summed E-state index contributed by atoms with van der Waals surface area (Å²) >= 11 is 0. The number of benzene rings is 9. The van der Waals surface area contributed by atoms with E-state index in [2.05, 4.69) is 195 Å². The van der Waals surface area contributed by atoms with Crippen molar-refractivity contribution in [2.75, 3.05) is 0 Å². The fraction of sp³-hybridized carbons (Fsp3) is 0.0357. The van der Waals surface area contributed by atoms with Crippen molar-refractivity contribution >= 4 is 43.5 Å². The van der Waals surface area contributed by atoms with E-state index in [4.69, 9.17) is 14.4 Å². The average molecular weight is 753 g/mol. The zero-order valence-corrected chi connectivity index (χ0v) is 32.4. The van der Waals surface area contributed by atoms with Crippen molar-refractivity contribution in [3.63, 3.8) is 0 Å². The van der Waals surface area contributed by atoms with Crippen LogP contribution in [-0.2, 0) is 5.41 Å². The highest BCUT2D eigenvalue weighted by atomic mass is 16.3. The van der Waals surface area contributed by atoms with E-state index in [0.717, 1.165) is 66.5 Å². The van der Waals surface area contributed by atoms with Crippen LogP contribution < -0.4 is 0 Å². The Morgan fingerprint density at radius 3 is 1.97 bits per heavy atom. The summed E-state index contributed by atoms with van der Waals surface area (Å²) in [5, 5.41) is 6.92. The molecule has 2 heterocycles. The average Bonchev–Trinajstić information content (AvgIpc) is 3.83. The molecular formula is C56H36N2O. The first kappa shape index (κ1) is 33.5. The van der Waals surface area contributed by atoms with Crippen LogP contribution in [0.1, 0.15) is 23.6 Å². The van der Waals surface area contributed by atoms with Crippen LogP contribution in [0.2, 0.25) is 0 Å². The van der Waals surface area contributed by atoms with Gasteiger partial charge in [0, 0.05) is 38.3 Å². The molecule has 3 nitrogen and oxygen atoms in total. The minimum Gasteiger partial charge on any atom is -0.455 e. The number of hydrogen-bond acceptors (Lipinski definition) is 3. The van der Waals surface area contributed by atoms with Crippen LogP contribution in [0.4, 0.5) is 0 Å². The molecule has 0 saturated heterocycles. The van der Waals surface area contributed by atoms with Crippen molar-refractivity contribution in [2.45, 2.75) is 12.3 Å². The minimum absolute atomic E-state index is 0.316. The van der Waals surface area contributed by atoms with Gasteiger partial charge in [-0.1, -0.05) is 170 Å². The van der Waals surface area contributed by atoms with E-state index in [1.165, 1.54) is 44.0 Å². The molecule has 3 heteroatoms. The molecule has 1 aliphatic rings. The SMILES string of the molecule is CC1(c2ccccc2)c2ccccc2-c2c(-c3cc(-c4cccc(-c5cc6c7ccccc7ccc6c6oc7ccccc7c56)c4)nc(-c4ccccc4)n3)cccc21. The highest BCUT2D eigenvalue weighted by Gasteiger charge is 2.41. The topological polar surface area (TPSA) is 38.9 Å². The third-order valence-electron chi connectivity index (χ3n) is 12.6. The highest BCUT2D eigenvalue weighted by Crippen LogP contribution is 2.55. The maximum atomic E-state index is 6.70. The fourth-order valence-corrected chi connectivity index (χ4v) is 9.73. The summed E-state index contributed by atoms with van der Waals surface area (Å²) in [6, 6.07) is 71.5. The summed E-state index contributed by atoms with van der Waals surface area (Å²) in [7, 11) is 0. The van der Waals surface area contributed by atoms with Crippen molar-refractivity contribution in [3.05, 3.63) is 217 Å². The standard InChI is InChI=1S/C56H36N2O/c1-56(39-21-6-3-7-22-39)47-27-12-10-24-42(47)52-43(26-15-28-48(52)56)50-34-49(57-55(58-50)36-17-4-2-5-18-36)38-20-14-19-37(32-38)45-33-46-40-23-9-8-16-35(40)30-31-41(46)54-53(45)44-25-11-13-29-51(44)59-54/h2-34H,1H3. The van der Waals surface area contributed by atoms with Crippen LogP contribution in [0, 0.1) is 0 Å². The van der Waals surface area contributed by atoms with E-state index < -0.39 is 0 Å². The first-order valence-electron chi connectivity index (χ1n) is 20.2. The number of rotatable bonds is 5. The Morgan fingerprint density at radius 2 is 1.08 bits per heavy atom. The summed E-state index contributed by atoms with van der Waals surface area (Å²) < 4.78 is 6.70. The summed E-state index contributed by atoms with van der Waals surface area (Å²) in [6.07, 6.45) is 0. The molecule has 1 unspecified atom stereocenters. The fourth-order valence-electron chi connectivity index (χ4n) is 9.73. The monoisotopic (exact) mass is 752 g/mol. The van der Waals surface area contributed by atoms with Gasteiger partial charge in [-0.05, 0) is 92.4 Å². The molecular weight excluding hydrogens is 717 g/mol. The molecule has 2 aromatic heterocycles. The second-order valence-corrected chi connectivity index (χ2v) is 15.8. The van der Waals surface area contributed by atoms with Crippen molar-refractivity contribution in [2.24, 2.45) is 0 Å². The van der Waals surface area contributed by atoms with Crippen LogP contribution in [0.5, 0.6) is 0 Å². The van der Waals surface area contributed by atoms with Gasteiger partial charge in [0.1, 0.15) is 11.2 Å². The number of para-hydroxylation sites is 1. The lowest BCUT2D eigenvalue weighted by Crippen LogP contribution is -2.22. The number of aromatic nitrogens is 2. The highest BCUT2D eigenvalue weighted by molar-refractivity contribution is 6.25. The predicted octanol–water partition coefficient (Wildman–Crippen LogP) is 14.7. The quantitative estimate of drug-likeness (QED) is 0.164. The van der Waals surface area contributed by atoms with Gasteiger partial charge in [0.15, 0.2) is 5.82 Å². The van der Waals surface area contributed by atoms with E-state index in [0.29, 0.717) is 5.82 Å². The van der Waals surface area contributed by atoms with E-state index in [9.17, 15) is 0 Å². The van der Waals surface area contributed by atoms with Crippen molar-refractivity contribution in [3.8, 4) is 56.2 Å². The van der Waals surface area contributed by atoms with E-state index in [1.54, 1.807) is 0 Å². The van der Waals surface area contributed by atoms with Crippen molar-refractivity contribution in [1.82, 2.24) is 9.97 Å². The Hall–Kier alpha value is -7.62. The second kappa shape index (κ2) is 13.0. The minimum atomic E-state index is -0.316. The first-order chi connectivity index (χ1) is 29.1. The molecule has 0 radical (unpaired) electrons. The Morgan fingerprint density at radius 1 is 0.424 bits per heavy atom. The van der Waals surface area contributed by atoms with Gasteiger partial charge in [0.05, 0.1) is 11.4 Å². The van der Waals surface area contributed by atoms with Gasteiger partial charge in [-0.2, -0.15) is 0 Å². The van der Waals surface area contributed by atoms with E-state index in [-0.39, 0.29) is 5.41 Å². The molecule has 0 amide bonds. The van der Waals surface area contributed by atoms with Crippen LogP contribution in [0.3, 0.4) is 0 Å². The molecule has 0 N–H and O–H groups in total. The predicted molar refractivity (Wildman–Crippen MR) is 243 cm³/mol. The van der Waals surface area contributed by atoms with Crippen LogP contribution in [0.15, 0.2) is 205 Å². The molecule has 0 saturated carbocycles. The largest absolute Gasteiger partial charge is 0.455 e. The van der Waals surface area contributed by atoms with Gasteiger partial charge in [-0.25, -0.2) is 9.97 Å². The van der Waals surface area contributed by atoms with Crippen LogP contribution >= 0.6 is 0 Å². The number of hydrogen-bond donors (Lipinski definition) is 0. The third kappa shape index (κ3) is 5.08. The third-order valence-corrected chi connectivity index (χ3v) is 12.6. The molecule has 276 valence electrons. The molecule has 0 fully saturated rings. The maximum Gasteiger partial charge on any atom is 0.160 e. The number of fused-ring (bicyclic) bond motifs is 10. The zero-order chi connectivity index (χ0) is 39.1. The smallest absolute Gasteiger partial charge is 0.160 e. The normalized spacial score (nSPS) is 14.6.